The fourth-order valence-corrected chi connectivity index (χ4v) is 5.98. The number of nitrogens with zero attached hydrogens (tertiary/aromatic N) is 6. The van der Waals surface area contributed by atoms with Crippen LogP contribution in [0, 0.1) is 37.0 Å². The van der Waals surface area contributed by atoms with E-state index in [2.05, 4.69) is 26.7 Å². The number of piperidine rings is 1. The van der Waals surface area contributed by atoms with Crippen molar-refractivity contribution < 1.29 is 9.59 Å². The maximum Gasteiger partial charge on any atom is 0.273 e. The number of hydrogen-bond acceptors (Lipinski definition) is 6. The van der Waals surface area contributed by atoms with Crippen molar-refractivity contribution in [3.8, 4) is 6.07 Å². The lowest BCUT2D eigenvalue weighted by molar-refractivity contribution is -0.118. The number of nitrogens with one attached hydrogen (secondary N) is 1. The lowest BCUT2D eigenvalue weighted by Crippen LogP contribution is -2.43. The first-order valence-electron chi connectivity index (χ1n) is 12.9. The molecule has 2 aliphatic carbocycles. The van der Waals surface area contributed by atoms with Gasteiger partial charge in [0.2, 0.25) is 5.91 Å². The Morgan fingerprint density at radius 1 is 1.24 bits per heavy atom. The van der Waals surface area contributed by atoms with Crippen LogP contribution in [0.25, 0.3) is 0 Å². The summed E-state index contributed by atoms with van der Waals surface area (Å²) in [6, 6.07) is 7.33. The Morgan fingerprint density at radius 3 is 2.74 bits per heavy atom. The number of nitriles is 1. The predicted molar refractivity (Wildman–Crippen MR) is 141 cm³/mol. The lowest BCUT2D eigenvalue weighted by atomic mass is 9.74. The van der Waals surface area contributed by atoms with E-state index in [0.717, 1.165) is 53.9 Å². The summed E-state index contributed by atoms with van der Waals surface area (Å²) in [5.74, 6) is 1.52. The van der Waals surface area contributed by atoms with E-state index in [9.17, 15) is 14.9 Å². The van der Waals surface area contributed by atoms with Gasteiger partial charge in [0.25, 0.3) is 5.91 Å². The van der Waals surface area contributed by atoms with Crippen LogP contribution < -0.4 is 10.2 Å². The largest absolute Gasteiger partial charge is 0.348 e. The molecule has 6 rings (SSSR count). The number of fused-ring (bicyclic) bond motifs is 1. The molecule has 3 aliphatic rings. The predicted octanol–water partition coefficient (Wildman–Crippen LogP) is 4.08. The maximum absolute atomic E-state index is 12.9. The Bertz CT molecular complexity index is 1500. The van der Waals surface area contributed by atoms with Gasteiger partial charge in [-0.2, -0.15) is 5.26 Å². The zero-order chi connectivity index (χ0) is 26.7. The SMILES string of the molecule is Cc1c(C(C)n2cc(C(=O)N[C@H]3C[C@@H](c4cc(Cl)ccc4C#N)C3)nn2)cnc(N2C[C@H]3C[C@H]3C2=O)c1C. The van der Waals surface area contributed by atoms with E-state index in [1.807, 2.05) is 31.7 Å². The van der Waals surface area contributed by atoms with Crippen molar-refractivity contribution in [2.75, 3.05) is 11.4 Å². The van der Waals surface area contributed by atoms with Crippen molar-refractivity contribution in [3.63, 3.8) is 0 Å². The molecule has 1 aliphatic heterocycles. The average molecular weight is 530 g/mol. The molecule has 1 unspecified atom stereocenters. The van der Waals surface area contributed by atoms with Gasteiger partial charge in [-0.05, 0) is 92.3 Å². The number of carbonyl (C=O) groups is 2. The van der Waals surface area contributed by atoms with Crippen LogP contribution in [-0.2, 0) is 4.79 Å². The van der Waals surface area contributed by atoms with E-state index in [4.69, 9.17) is 11.6 Å². The van der Waals surface area contributed by atoms with Gasteiger partial charge < -0.3 is 5.32 Å². The van der Waals surface area contributed by atoms with Crippen LogP contribution >= 0.6 is 11.6 Å². The monoisotopic (exact) mass is 529 g/mol. The number of carbonyl (C=O) groups excluding carboxylic acids is 2. The second-order valence-corrected chi connectivity index (χ2v) is 11.2. The third kappa shape index (κ3) is 4.13. The summed E-state index contributed by atoms with van der Waals surface area (Å²) in [5.41, 5.74) is 4.81. The maximum atomic E-state index is 12.9. The van der Waals surface area contributed by atoms with E-state index < -0.39 is 0 Å². The minimum absolute atomic E-state index is 0.00145. The summed E-state index contributed by atoms with van der Waals surface area (Å²) in [6.07, 6.45) is 5.95. The van der Waals surface area contributed by atoms with E-state index in [0.29, 0.717) is 16.5 Å². The number of rotatable bonds is 6. The Morgan fingerprint density at radius 2 is 2.03 bits per heavy atom. The fourth-order valence-electron chi connectivity index (χ4n) is 5.80. The number of anilines is 1. The molecular weight excluding hydrogens is 502 g/mol. The van der Waals surface area contributed by atoms with Crippen LogP contribution in [0.15, 0.2) is 30.6 Å². The van der Waals surface area contributed by atoms with Crippen LogP contribution in [0.2, 0.25) is 5.02 Å². The van der Waals surface area contributed by atoms with Gasteiger partial charge in [-0.15, -0.1) is 5.10 Å². The van der Waals surface area contributed by atoms with Crippen LogP contribution in [0.5, 0.6) is 0 Å². The molecule has 3 atom stereocenters. The molecule has 38 heavy (non-hydrogen) atoms. The first-order valence-corrected chi connectivity index (χ1v) is 13.3. The number of aromatic nitrogens is 4. The number of benzene rings is 1. The van der Waals surface area contributed by atoms with Crippen molar-refractivity contribution in [1.82, 2.24) is 25.3 Å². The molecule has 0 radical (unpaired) electrons. The first-order chi connectivity index (χ1) is 18.2. The van der Waals surface area contributed by atoms with E-state index >= 15 is 0 Å². The molecule has 194 valence electrons. The lowest BCUT2D eigenvalue weighted by Gasteiger charge is -2.36. The molecule has 1 aromatic carbocycles. The zero-order valence-electron chi connectivity index (χ0n) is 21.5. The summed E-state index contributed by atoms with van der Waals surface area (Å²) in [4.78, 5) is 31.9. The highest BCUT2D eigenvalue weighted by Crippen LogP contribution is 2.47. The molecule has 0 spiro atoms. The molecule has 2 aromatic heterocycles. The van der Waals surface area contributed by atoms with Crippen molar-refractivity contribution in [3.05, 3.63) is 69.1 Å². The Balaban J connectivity index is 1.11. The summed E-state index contributed by atoms with van der Waals surface area (Å²) in [7, 11) is 0. The van der Waals surface area contributed by atoms with Gasteiger partial charge in [0.15, 0.2) is 5.69 Å². The van der Waals surface area contributed by atoms with Gasteiger partial charge in [-0.1, -0.05) is 16.8 Å². The van der Waals surface area contributed by atoms with Gasteiger partial charge in [0, 0.05) is 29.7 Å². The Labute approximate surface area is 225 Å². The molecule has 2 saturated carbocycles. The van der Waals surface area contributed by atoms with Crippen LogP contribution in [-0.4, -0.2) is 44.4 Å². The van der Waals surface area contributed by atoms with Crippen LogP contribution in [0.1, 0.15) is 76.5 Å². The van der Waals surface area contributed by atoms with E-state index in [1.165, 1.54) is 0 Å². The fraction of sp³-hybridized carbons (Fsp3) is 0.429. The minimum atomic E-state index is -0.272. The van der Waals surface area contributed by atoms with Crippen molar-refractivity contribution in [1.29, 1.82) is 5.26 Å². The first kappa shape index (κ1) is 24.6. The van der Waals surface area contributed by atoms with Crippen molar-refractivity contribution in [2.45, 2.75) is 58.0 Å². The van der Waals surface area contributed by atoms with Gasteiger partial charge >= 0.3 is 0 Å². The topological polar surface area (TPSA) is 117 Å². The third-order valence-corrected chi connectivity index (χ3v) is 8.71. The highest BCUT2D eigenvalue weighted by atomic mass is 35.5. The smallest absolute Gasteiger partial charge is 0.273 e. The summed E-state index contributed by atoms with van der Waals surface area (Å²) in [6.45, 7) is 6.78. The molecule has 10 heteroatoms. The second-order valence-electron chi connectivity index (χ2n) is 10.8. The summed E-state index contributed by atoms with van der Waals surface area (Å²) in [5, 5.41) is 21.3. The summed E-state index contributed by atoms with van der Waals surface area (Å²) < 4.78 is 1.67. The molecule has 0 bridgehead atoms. The number of amides is 2. The number of hydrogen-bond donors (Lipinski definition) is 1. The molecule has 9 nitrogen and oxygen atoms in total. The average Bonchev–Trinajstić information content (AvgIpc) is 3.33. The third-order valence-electron chi connectivity index (χ3n) is 8.47. The zero-order valence-corrected chi connectivity index (χ0v) is 22.2. The van der Waals surface area contributed by atoms with Gasteiger partial charge in [-0.25, -0.2) is 9.67 Å². The van der Waals surface area contributed by atoms with Gasteiger partial charge in [-0.3, -0.25) is 14.5 Å². The highest BCUT2D eigenvalue weighted by molar-refractivity contribution is 6.30. The number of pyridine rings is 1. The highest BCUT2D eigenvalue weighted by Gasteiger charge is 2.53. The van der Waals surface area contributed by atoms with E-state index in [1.54, 1.807) is 29.2 Å². The van der Waals surface area contributed by atoms with Crippen LogP contribution in [0.4, 0.5) is 5.82 Å². The molecule has 3 fully saturated rings. The van der Waals surface area contributed by atoms with E-state index in [-0.39, 0.29) is 41.4 Å². The molecule has 2 amide bonds. The summed E-state index contributed by atoms with van der Waals surface area (Å²) >= 11 is 6.12. The molecule has 3 heterocycles. The Kier molecular flexibility index (Phi) is 5.95. The van der Waals surface area contributed by atoms with Gasteiger partial charge in [0.1, 0.15) is 5.82 Å². The Hall–Kier alpha value is -3.77. The quantitative estimate of drug-likeness (QED) is 0.514. The van der Waals surface area contributed by atoms with Crippen molar-refractivity contribution in [2.24, 2.45) is 11.8 Å². The standard InChI is InChI=1S/C28H28ClN7O2/c1-14-15(2)26(35-12-19-8-23(19)28(35)38)31-11-24(14)16(3)36-13-25(33-34-36)27(37)32-21-6-18(7-21)22-9-20(29)5-4-17(22)10-30/h4-5,9,11,13,16,18-19,21,23H,6-8,12H2,1-3H3,(H,32,37)/t16?,18-,19-,21+,23-/m1/s1. The minimum Gasteiger partial charge on any atom is -0.348 e. The molecular formula is C28H28ClN7O2. The van der Waals surface area contributed by atoms with Gasteiger partial charge in [0.05, 0.1) is 23.9 Å². The normalized spacial score (nSPS) is 24.4. The van der Waals surface area contributed by atoms with Crippen LogP contribution in [0.3, 0.4) is 0 Å². The van der Waals surface area contributed by atoms with Crippen molar-refractivity contribution >= 4 is 29.2 Å². The molecule has 1 saturated heterocycles. The molecule has 3 aromatic rings. The number of halogens is 1. The molecule has 1 N–H and O–H groups in total. The second kappa shape index (κ2) is 9.21.